The molecule has 0 aliphatic carbocycles. The fourth-order valence-electron chi connectivity index (χ4n) is 1.77. The van der Waals surface area contributed by atoms with Gasteiger partial charge in [-0.25, -0.2) is 0 Å². The second-order valence-corrected chi connectivity index (χ2v) is 4.42. The number of hydrogen-bond donors (Lipinski definition) is 2. The Kier molecular flexibility index (Phi) is 4.55. The minimum atomic E-state index is -0.449. The van der Waals surface area contributed by atoms with Crippen molar-refractivity contribution in [1.82, 2.24) is 5.32 Å². The van der Waals surface area contributed by atoms with Gasteiger partial charge >= 0.3 is 0 Å². The summed E-state index contributed by atoms with van der Waals surface area (Å²) in [5.74, 6) is 0.0494. The highest BCUT2D eigenvalue weighted by Gasteiger charge is 2.11. The lowest BCUT2D eigenvalue weighted by atomic mass is 10.2. The number of amides is 1. The molecule has 2 rings (SSSR count). The molecule has 0 spiro atoms. The van der Waals surface area contributed by atoms with E-state index in [0.717, 1.165) is 11.3 Å². The molecule has 0 unspecified atom stereocenters. The van der Waals surface area contributed by atoms with Crippen LogP contribution < -0.4 is 10.6 Å². The van der Waals surface area contributed by atoms with E-state index in [1.54, 1.807) is 25.1 Å². The van der Waals surface area contributed by atoms with Gasteiger partial charge in [0, 0.05) is 36.5 Å². The molecule has 1 heterocycles. The lowest BCUT2D eigenvalue weighted by Gasteiger charge is -2.07. The van der Waals surface area contributed by atoms with E-state index in [2.05, 4.69) is 10.6 Å². The van der Waals surface area contributed by atoms with Gasteiger partial charge in [-0.3, -0.25) is 14.9 Å². The summed E-state index contributed by atoms with van der Waals surface area (Å²) in [6.07, 6.45) is 1.47. The number of aryl methyl sites for hydroxylation is 1. The molecule has 0 radical (unpaired) electrons. The SMILES string of the molecule is Cc1ccoc1C(=O)NCCNc1ccc([N+](=O)[O-])cc1. The van der Waals surface area contributed by atoms with E-state index in [4.69, 9.17) is 4.42 Å². The van der Waals surface area contributed by atoms with Crippen molar-refractivity contribution in [2.24, 2.45) is 0 Å². The summed E-state index contributed by atoms with van der Waals surface area (Å²) in [5.41, 5.74) is 1.59. The first-order valence-corrected chi connectivity index (χ1v) is 6.38. The summed E-state index contributed by atoms with van der Waals surface area (Å²) < 4.78 is 5.08. The number of nitro groups is 1. The van der Waals surface area contributed by atoms with Crippen molar-refractivity contribution in [1.29, 1.82) is 0 Å². The van der Waals surface area contributed by atoms with Gasteiger partial charge in [0.05, 0.1) is 11.2 Å². The molecular formula is C14H15N3O4. The van der Waals surface area contributed by atoms with Gasteiger partial charge in [0.2, 0.25) is 0 Å². The van der Waals surface area contributed by atoms with Crippen molar-refractivity contribution in [3.05, 3.63) is 58.0 Å². The van der Waals surface area contributed by atoms with Crippen LogP contribution in [0.25, 0.3) is 0 Å². The monoisotopic (exact) mass is 289 g/mol. The molecule has 2 aromatic rings. The molecule has 110 valence electrons. The third-order valence-electron chi connectivity index (χ3n) is 2.89. The predicted octanol–water partition coefficient (Wildman–Crippen LogP) is 2.34. The van der Waals surface area contributed by atoms with Crippen molar-refractivity contribution in [3.63, 3.8) is 0 Å². The first-order chi connectivity index (χ1) is 10.1. The Bertz CT molecular complexity index is 634. The molecule has 0 bridgehead atoms. The van der Waals surface area contributed by atoms with Crippen LogP contribution in [0.2, 0.25) is 0 Å². The van der Waals surface area contributed by atoms with Crippen molar-refractivity contribution in [3.8, 4) is 0 Å². The molecule has 1 aromatic carbocycles. The number of benzene rings is 1. The summed E-state index contributed by atoms with van der Waals surface area (Å²) in [5, 5.41) is 16.3. The van der Waals surface area contributed by atoms with Crippen molar-refractivity contribution < 1.29 is 14.1 Å². The highest BCUT2D eigenvalue weighted by molar-refractivity contribution is 5.92. The normalized spacial score (nSPS) is 10.1. The van der Waals surface area contributed by atoms with Gasteiger partial charge in [0.1, 0.15) is 0 Å². The average Bonchev–Trinajstić information content (AvgIpc) is 2.90. The van der Waals surface area contributed by atoms with Crippen LogP contribution in [-0.2, 0) is 0 Å². The zero-order chi connectivity index (χ0) is 15.2. The lowest BCUT2D eigenvalue weighted by Crippen LogP contribution is -2.28. The largest absolute Gasteiger partial charge is 0.459 e. The Morgan fingerprint density at radius 2 is 1.95 bits per heavy atom. The smallest absolute Gasteiger partial charge is 0.287 e. The third kappa shape index (κ3) is 3.82. The van der Waals surface area contributed by atoms with Crippen LogP contribution in [0.15, 0.2) is 41.0 Å². The number of rotatable bonds is 6. The molecule has 1 aromatic heterocycles. The van der Waals surface area contributed by atoms with Gasteiger partial charge in [0.25, 0.3) is 11.6 Å². The summed E-state index contributed by atoms with van der Waals surface area (Å²) in [6.45, 7) is 2.72. The van der Waals surface area contributed by atoms with Crippen LogP contribution in [0.4, 0.5) is 11.4 Å². The van der Waals surface area contributed by atoms with Gasteiger partial charge in [0.15, 0.2) is 5.76 Å². The molecule has 7 nitrogen and oxygen atoms in total. The topological polar surface area (TPSA) is 97.4 Å². The molecule has 7 heteroatoms. The first kappa shape index (κ1) is 14.6. The van der Waals surface area contributed by atoms with Gasteiger partial charge in [-0.2, -0.15) is 0 Å². The van der Waals surface area contributed by atoms with E-state index in [9.17, 15) is 14.9 Å². The summed E-state index contributed by atoms with van der Waals surface area (Å²) in [7, 11) is 0. The minimum absolute atomic E-state index is 0.0437. The highest BCUT2D eigenvalue weighted by atomic mass is 16.6. The molecule has 0 aliphatic heterocycles. The molecule has 0 fully saturated rings. The van der Waals surface area contributed by atoms with E-state index < -0.39 is 4.92 Å². The average molecular weight is 289 g/mol. The number of hydrogen-bond acceptors (Lipinski definition) is 5. The maximum atomic E-state index is 11.7. The van der Waals surface area contributed by atoms with Gasteiger partial charge in [-0.15, -0.1) is 0 Å². The van der Waals surface area contributed by atoms with E-state index in [1.807, 2.05) is 0 Å². The van der Waals surface area contributed by atoms with Crippen molar-refractivity contribution in [2.45, 2.75) is 6.92 Å². The number of nitro benzene ring substituents is 1. The maximum absolute atomic E-state index is 11.7. The zero-order valence-electron chi connectivity index (χ0n) is 11.5. The summed E-state index contributed by atoms with van der Waals surface area (Å²) in [4.78, 5) is 21.8. The minimum Gasteiger partial charge on any atom is -0.459 e. The summed E-state index contributed by atoms with van der Waals surface area (Å²) >= 11 is 0. The Balaban J connectivity index is 1.76. The number of non-ortho nitro benzene ring substituents is 1. The number of carbonyl (C=O) groups is 1. The van der Waals surface area contributed by atoms with Crippen LogP contribution in [-0.4, -0.2) is 23.9 Å². The van der Waals surface area contributed by atoms with E-state index in [0.29, 0.717) is 18.8 Å². The van der Waals surface area contributed by atoms with Crippen molar-refractivity contribution >= 4 is 17.3 Å². The number of furan rings is 1. The molecule has 2 N–H and O–H groups in total. The number of anilines is 1. The van der Waals surface area contributed by atoms with Gasteiger partial charge < -0.3 is 15.1 Å². The van der Waals surface area contributed by atoms with E-state index >= 15 is 0 Å². The summed E-state index contributed by atoms with van der Waals surface area (Å²) in [6, 6.07) is 7.82. The third-order valence-corrected chi connectivity index (χ3v) is 2.89. The van der Waals surface area contributed by atoms with Crippen LogP contribution in [0.5, 0.6) is 0 Å². The second kappa shape index (κ2) is 6.56. The molecule has 0 saturated heterocycles. The molecule has 0 aliphatic rings. The zero-order valence-corrected chi connectivity index (χ0v) is 11.5. The molecule has 0 atom stereocenters. The van der Waals surface area contributed by atoms with Crippen LogP contribution >= 0.6 is 0 Å². The molecule has 21 heavy (non-hydrogen) atoms. The Morgan fingerprint density at radius 3 is 2.52 bits per heavy atom. The quantitative estimate of drug-likeness (QED) is 0.483. The van der Waals surface area contributed by atoms with E-state index in [-0.39, 0.29) is 11.6 Å². The number of nitrogens with one attached hydrogen (secondary N) is 2. The molecule has 1 amide bonds. The van der Waals surface area contributed by atoms with Crippen LogP contribution in [0.1, 0.15) is 16.1 Å². The lowest BCUT2D eigenvalue weighted by molar-refractivity contribution is -0.384. The first-order valence-electron chi connectivity index (χ1n) is 6.38. The van der Waals surface area contributed by atoms with Crippen LogP contribution in [0, 0.1) is 17.0 Å². The second-order valence-electron chi connectivity index (χ2n) is 4.42. The van der Waals surface area contributed by atoms with Crippen molar-refractivity contribution in [2.75, 3.05) is 18.4 Å². The molecular weight excluding hydrogens is 274 g/mol. The number of carbonyl (C=O) groups excluding carboxylic acids is 1. The highest BCUT2D eigenvalue weighted by Crippen LogP contribution is 2.14. The van der Waals surface area contributed by atoms with E-state index in [1.165, 1.54) is 18.4 Å². The standard InChI is InChI=1S/C14H15N3O4/c1-10-6-9-21-13(10)14(18)16-8-7-15-11-2-4-12(5-3-11)17(19)20/h2-6,9,15H,7-8H2,1H3,(H,16,18). The van der Waals surface area contributed by atoms with Gasteiger partial charge in [-0.05, 0) is 25.1 Å². The van der Waals surface area contributed by atoms with Gasteiger partial charge in [-0.1, -0.05) is 0 Å². The Hall–Kier alpha value is -2.83. The maximum Gasteiger partial charge on any atom is 0.287 e. The molecule has 0 saturated carbocycles. The fourth-order valence-corrected chi connectivity index (χ4v) is 1.77. The predicted molar refractivity (Wildman–Crippen MR) is 77.4 cm³/mol. The Morgan fingerprint density at radius 1 is 1.24 bits per heavy atom. The fraction of sp³-hybridized carbons (Fsp3) is 0.214. The number of nitrogens with zero attached hydrogens (tertiary/aromatic N) is 1. The van der Waals surface area contributed by atoms with Crippen LogP contribution in [0.3, 0.4) is 0 Å². The Labute approximate surface area is 121 Å².